The largest absolute Gasteiger partial charge is 0.382 e. The van der Waals surface area contributed by atoms with E-state index in [1.165, 1.54) is 5.56 Å². The van der Waals surface area contributed by atoms with Crippen molar-refractivity contribution >= 4 is 5.91 Å². The number of benzene rings is 2. The number of halogens is 2. The highest BCUT2D eigenvalue weighted by atomic mass is 19.3. The lowest BCUT2D eigenvalue weighted by Crippen LogP contribution is -2.70. The summed E-state index contributed by atoms with van der Waals surface area (Å²) in [5.74, 6) is 9.97. The standard InChI is InChI=1S/C26H32F2N4O4/c1-25(24(33)32(29)35,26(2,34)23(27)28)30-17-21-9-5-19(6-10-21)3-4-20-7-11-22(12-8-20)18-31-13-15-36-16-14-31/h5-12,23,30,34-35H,13-18,29H2,1-2H3/t25?,26-/m1/s1. The lowest BCUT2D eigenvalue weighted by atomic mass is 9.81. The molecule has 2 aromatic rings. The van der Waals surface area contributed by atoms with Crippen LogP contribution in [0.3, 0.4) is 0 Å². The Morgan fingerprint density at radius 3 is 2.06 bits per heavy atom. The maximum atomic E-state index is 13.5. The van der Waals surface area contributed by atoms with Crippen molar-refractivity contribution < 1.29 is 28.6 Å². The zero-order valence-corrected chi connectivity index (χ0v) is 20.4. The van der Waals surface area contributed by atoms with Gasteiger partial charge in [0.15, 0.2) is 0 Å². The van der Waals surface area contributed by atoms with Crippen LogP contribution < -0.4 is 11.2 Å². The Kier molecular flexibility index (Phi) is 9.13. The van der Waals surface area contributed by atoms with E-state index in [1.54, 1.807) is 24.3 Å². The van der Waals surface area contributed by atoms with Crippen molar-refractivity contribution in [2.24, 2.45) is 5.84 Å². The molecule has 1 aliphatic rings. The fourth-order valence-electron chi connectivity index (χ4n) is 3.76. The Bertz CT molecular complexity index is 1080. The quantitative estimate of drug-likeness (QED) is 0.143. The third-order valence-electron chi connectivity index (χ3n) is 6.49. The molecule has 2 aromatic carbocycles. The van der Waals surface area contributed by atoms with Crippen LogP contribution in [0, 0.1) is 11.8 Å². The molecule has 0 radical (unpaired) electrons. The molecule has 1 amide bonds. The molecule has 194 valence electrons. The van der Waals surface area contributed by atoms with E-state index >= 15 is 0 Å². The van der Waals surface area contributed by atoms with Crippen LogP contribution in [0.4, 0.5) is 8.78 Å². The van der Waals surface area contributed by atoms with Crippen LogP contribution in [0.1, 0.15) is 36.1 Å². The first-order valence-electron chi connectivity index (χ1n) is 11.6. The second kappa shape index (κ2) is 11.9. The minimum atomic E-state index is -3.27. The van der Waals surface area contributed by atoms with Crippen LogP contribution in [0.25, 0.3) is 0 Å². The lowest BCUT2D eigenvalue weighted by Gasteiger charge is -2.41. The van der Waals surface area contributed by atoms with Gasteiger partial charge >= 0.3 is 0 Å². The van der Waals surface area contributed by atoms with Crippen molar-refractivity contribution in [1.82, 2.24) is 15.4 Å². The molecule has 0 spiro atoms. The third-order valence-corrected chi connectivity index (χ3v) is 6.49. The SMILES string of the molecule is CC(NCc1ccc(C#Cc2ccc(CN3CCOCC3)cc2)cc1)(C(=O)N(N)O)[C@](C)(O)C(F)F. The molecule has 2 atom stereocenters. The van der Waals surface area contributed by atoms with Gasteiger partial charge in [0.25, 0.3) is 12.3 Å². The molecule has 36 heavy (non-hydrogen) atoms. The number of hydroxylamine groups is 1. The minimum absolute atomic E-state index is 0.0444. The van der Waals surface area contributed by atoms with E-state index in [-0.39, 0.29) is 11.7 Å². The number of ether oxygens (including phenoxy) is 1. The average Bonchev–Trinajstić information content (AvgIpc) is 2.87. The van der Waals surface area contributed by atoms with Crippen molar-refractivity contribution in [2.75, 3.05) is 26.3 Å². The number of amides is 1. The number of morpholine rings is 1. The van der Waals surface area contributed by atoms with Gasteiger partial charge in [-0.3, -0.25) is 20.2 Å². The first-order valence-corrected chi connectivity index (χ1v) is 11.6. The molecule has 0 aliphatic carbocycles. The van der Waals surface area contributed by atoms with E-state index in [0.717, 1.165) is 57.8 Å². The van der Waals surface area contributed by atoms with Gasteiger partial charge in [-0.1, -0.05) is 36.1 Å². The molecule has 3 rings (SSSR count). The molecule has 8 nitrogen and oxygen atoms in total. The molecule has 1 fully saturated rings. The summed E-state index contributed by atoms with van der Waals surface area (Å²) in [5, 5.41) is 21.9. The summed E-state index contributed by atoms with van der Waals surface area (Å²) in [6.45, 7) is 6.09. The number of rotatable bonds is 8. The van der Waals surface area contributed by atoms with E-state index in [0.29, 0.717) is 5.56 Å². The van der Waals surface area contributed by atoms with Crippen molar-refractivity contribution in [3.63, 3.8) is 0 Å². The number of hydrogen-bond acceptors (Lipinski definition) is 7. The summed E-state index contributed by atoms with van der Waals surface area (Å²) in [6, 6.07) is 15.1. The van der Waals surface area contributed by atoms with Crippen LogP contribution in [0.15, 0.2) is 48.5 Å². The molecule has 0 bridgehead atoms. The highest BCUT2D eigenvalue weighted by Crippen LogP contribution is 2.30. The average molecular weight is 503 g/mol. The molecule has 1 aliphatic heterocycles. The zero-order chi connectivity index (χ0) is 26.3. The van der Waals surface area contributed by atoms with Gasteiger partial charge in [0, 0.05) is 37.3 Å². The molecule has 1 saturated heterocycles. The number of nitrogens with one attached hydrogen (secondary N) is 1. The van der Waals surface area contributed by atoms with Crippen molar-refractivity contribution in [1.29, 1.82) is 0 Å². The number of alkyl halides is 2. The molecule has 10 heteroatoms. The topological polar surface area (TPSA) is 111 Å². The highest BCUT2D eigenvalue weighted by Gasteiger charge is 2.56. The molecule has 5 N–H and O–H groups in total. The second-order valence-electron chi connectivity index (χ2n) is 9.11. The van der Waals surface area contributed by atoms with Gasteiger partial charge in [0.2, 0.25) is 0 Å². The Morgan fingerprint density at radius 2 is 1.58 bits per heavy atom. The molecule has 1 heterocycles. The number of carbonyl (C=O) groups excluding carboxylic acids is 1. The fraction of sp³-hybridized carbons (Fsp3) is 0.423. The third kappa shape index (κ3) is 6.64. The maximum absolute atomic E-state index is 13.5. The lowest BCUT2D eigenvalue weighted by molar-refractivity contribution is -0.197. The van der Waals surface area contributed by atoms with Gasteiger partial charge in [-0.05, 0) is 49.2 Å². The fourth-order valence-corrected chi connectivity index (χ4v) is 3.76. The smallest absolute Gasteiger partial charge is 0.284 e. The Balaban J connectivity index is 1.62. The molecule has 1 unspecified atom stereocenters. The van der Waals surface area contributed by atoms with Crippen LogP contribution in [-0.4, -0.2) is 70.2 Å². The van der Waals surface area contributed by atoms with Gasteiger partial charge in [-0.2, -0.15) is 5.17 Å². The highest BCUT2D eigenvalue weighted by molar-refractivity contribution is 5.86. The normalized spacial score (nSPS) is 17.6. The summed E-state index contributed by atoms with van der Waals surface area (Å²) in [6.07, 6.45) is -3.27. The van der Waals surface area contributed by atoms with E-state index < -0.39 is 23.5 Å². The summed E-state index contributed by atoms with van der Waals surface area (Å²) in [7, 11) is 0. The van der Waals surface area contributed by atoms with Crippen LogP contribution in [-0.2, 0) is 22.6 Å². The Labute approximate surface area is 209 Å². The number of hydrogen-bond donors (Lipinski definition) is 4. The first-order chi connectivity index (χ1) is 17.0. The molecule has 0 aromatic heterocycles. The van der Waals surface area contributed by atoms with E-state index in [1.807, 2.05) is 12.1 Å². The van der Waals surface area contributed by atoms with E-state index in [9.17, 15) is 23.9 Å². The summed E-state index contributed by atoms with van der Waals surface area (Å²) < 4.78 is 32.3. The van der Waals surface area contributed by atoms with Crippen molar-refractivity contribution in [3.05, 3.63) is 70.8 Å². The van der Waals surface area contributed by atoms with E-state index in [4.69, 9.17) is 10.6 Å². The summed E-state index contributed by atoms with van der Waals surface area (Å²) >= 11 is 0. The number of carbonyl (C=O) groups is 1. The minimum Gasteiger partial charge on any atom is -0.382 e. The van der Waals surface area contributed by atoms with Crippen LogP contribution in [0.5, 0.6) is 0 Å². The maximum Gasteiger partial charge on any atom is 0.284 e. The zero-order valence-electron chi connectivity index (χ0n) is 20.4. The predicted molar refractivity (Wildman–Crippen MR) is 130 cm³/mol. The molecule has 0 saturated carbocycles. The monoisotopic (exact) mass is 502 g/mol. The molecular formula is C26H32F2N4O4. The summed E-state index contributed by atoms with van der Waals surface area (Å²) in [4.78, 5) is 14.7. The number of nitrogens with two attached hydrogens (primary N) is 1. The van der Waals surface area contributed by atoms with Gasteiger partial charge in [-0.25, -0.2) is 14.6 Å². The number of aliphatic hydroxyl groups is 1. The van der Waals surface area contributed by atoms with Crippen LogP contribution >= 0.6 is 0 Å². The molecular weight excluding hydrogens is 470 g/mol. The first kappa shape index (κ1) is 27.7. The van der Waals surface area contributed by atoms with Crippen molar-refractivity contribution in [2.45, 2.75) is 44.5 Å². The second-order valence-corrected chi connectivity index (χ2v) is 9.11. The van der Waals surface area contributed by atoms with Gasteiger partial charge in [0.1, 0.15) is 11.1 Å². The summed E-state index contributed by atoms with van der Waals surface area (Å²) in [5.41, 5.74) is -1.55. The number of hydrazine groups is 1. The Morgan fingerprint density at radius 1 is 1.08 bits per heavy atom. The number of nitrogens with zero attached hydrogens (tertiary/aromatic N) is 2. The van der Waals surface area contributed by atoms with Gasteiger partial charge in [0.05, 0.1) is 13.2 Å². The van der Waals surface area contributed by atoms with Crippen molar-refractivity contribution in [3.8, 4) is 11.8 Å². The Hall–Kier alpha value is -2.91. The van der Waals surface area contributed by atoms with E-state index in [2.05, 4.69) is 34.2 Å². The van der Waals surface area contributed by atoms with Gasteiger partial charge < -0.3 is 9.84 Å². The predicted octanol–water partition coefficient (Wildman–Crippen LogP) is 1.87. The van der Waals surface area contributed by atoms with Gasteiger partial charge in [-0.15, -0.1) is 0 Å². The van der Waals surface area contributed by atoms with Crippen LogP contribution in [0.2, 0.25) is 0 Å².